The van der Waals surface area contributed by atoms with Gasteiger partial charge in [-0.25, -0.2) is 0 Å². The fraction of sp³-hybridized carbons (Fsp3) is 0.286. The molecule has 18 heavy (non-hydrogen) atoms. The topological polar surface area (TPSA) is 60.9 Å². The fourth-order valence-electron chi connectivity index (χ4n) is 1.82. The van der Waals surface area contributed by atoms with Gasteiger partial charge in [0, 0.05) is 30.9 Å². The highest BCUT2D eigenvalue weighted by molar-refractivity contribution is 5.97. The lowest BCUT2D eigenvalue weighted by Gasteiger charge is -2.04. The standard InChI is InChI=1S/C14H17N3O/c1-10-3-5-12(7-13(10)15)14(18)6-4-11-8-16-17(2)9-11/h3,5,7-9H,4,6,15H2,1-2H3. The van der Waals surface area contributed by atoms with Crippen molar-refractivity contribution in [3.05, 3.63) is 47.3 Å². The van der Waals surface area contributed by atoms with Gasteiger partial charge in [0.1, 0.15) is 0 Å². The zero-order valence-electron chi connectivity index (χ0n) is 10.7. The Morgan fingerprint density at radius 2 is 2.22 bits per heavy atom. The van der Waals surface area contributed by atoms with E-state index in [1.54, 1.807) is 16.9 Å². The molecule has 0 aliphatic carbocycles. The van der Waals surface area contributed by atoms with Gasteiger partial charge >= 0.3 is 0 Å². The largest absolute Gasteiger partial charge is 0.398 e. The number of aryl methyl sites for hydroxylation is 3. The van der Waals surface area contributed by atoms with Crippen LogP contribution >= 0.6 is 0 Å². The number of carbonyl (C=O) groups excluding carboxylic acids is 1. The highest BCUT2D eigenvalue weighted by atomic mass is 16.1. The summed E-state index contributed by atoms with van der Waals surface area (Å²) in [7, 11) is 1.87. The summed E-state index contributed by atoms with van der Waals surface area (Å²) in [5, 5.41) is 4.08. The molecule has 0 amide bonds. The molecule has 2 aromatic rings. The maximum atomic E-state index is 12.0. The number of nitrogen functional groups attached to an aromatic ring is 1. The Morgan fingerprint density at radius 1 is 1.44 bits per heavy atom. The molecule has 1 aromatic heterocycles. The van der Waals surface area contributed by atoms with Crippen LogP contribution < -0.4 is 5.73 Å². The van der Waals surface area contributed by atoms with E-state index in [4.69, 9.17) is 5.73 Å². The van der Waals surface area contributed by atoms with Crippen LogP contribution in [0.2, 0.25) is 0 Å². The lowest BCUT2D eigenvalue weighted by Crippen LogP contribution is -2.02. The van der Waals surface area contributed by atoms with Crippen molar-refractivity contribution in [2.24, 2.45) is 7.05 Å². The molecule has 0 bridgehead atoms. The number of nitrogens with zero attached hydrogens (tertiary/aromatic N) is 2. The maximum absolute atomic E-state index is 12.0. The molecule has 1 aromatic carbocycles. The van der Waals surface area contributed by atoms with E-state index in [2.05, 4.69) is 5.10 Å². The average Bonchev–Trinajstić information content (AvgIpc) is 2.75. The first-order valence-corrected chi connectivity index (χ1v) is 5.93. The predicted octanol–water partition coefficient (Wildman–Crippen LogP) is 2.13. The summed E-state index contributed by atoms with van der Waals surface area (Å²) in [6.45, 7) is 1.93. The minimum absolute atomic E-state index is 0.116. The molecule has 2 rings (SSSR count). The second-order valence-electron chi connectivity index (χ2n) is 4.52. The summed E-state index contributed by atoms with van der Waals surface area (Å²) in [6.07, 6.45) is 4.90. The van der Waals surface area contributed by atoms with Crippen LogP contribution in [-0.4, -0.2) is 15.6 Å². The van der Waals surface area contributed by atoms with Crippen LogP contribution in [0.3, 0.4) is 0 Å². The first-order valence-electron chi connectivity index (χ1n) is 5.93. The zero-order valence-corrected chi connectivity index (χ0v) is 10.7. The van der Waals surface area contributed by atoms with Crippen LogP contribution in [0.5, 0.6) is 0 Å². The van der Waals surface area contributed by atoms with E-state index in [1.165, 1.54) is 0 Å². The number of rotatable bonds is 4. The molecule has 0 aliphatic heterocycles. The Balaban J connectivity index is 2.01. The van der Waals surface area contributed by atoms with Gasteiger partial charge in [-0.3, -0.25) is 9.48 Å². The van der Waals surface area contributed by atoms with Gasteiger partial charge in [-0.05, 0) is 30.5 Å². The van der Waals surface area contributed by atoms with Gasteiger partial charge in [-0.1, -0.05) is 12.1 Å². The van der Waals surface area contributed by atoms with Crippen LogP contribution in [0.1, 0.15) is 27.9 Å². The number of hydrogen-bond acceptors (Lipinski definition) is 3. The lowest BCUT2D eigenvalue weighted by atomic mass is 10.0. The molecule has 0 spiro atoms. The third kappa shape index (κ3) is 2.77. The summed E-state index contributed by atoms with van der Waals surface area (Å²) >= 11 is 0. The number of carbonyl (C=O) groups is 1. The van der Waals surface area contributed by atoms with Crippen LogP contribution in [0.25, 0.3) is 0 Å². The van der Waals surface area contributed by atoms with Gasteiger partial charge < -0.3 is 5.73 Å². The van der Waals surface area contributed by atoms with E-state index >= 15 is 0 Å². The Hall–Kier alpha value is -2.10. The highest BCUT2D eigenvalue weighted by Crippen LogP contribution is 2.15. The number of hydrogen-bond donors (Lipinski definition) is 1. The number of nitrogens with two attached hydrogens (primary N) is 1. The van der Waals surface area contributed by atoms with E-state index in [0.717, 1.165) is 11.1 Å². The first kappa shape index (κ1) is 12.4. The second-order valence-corrected chi connectivity index (χ2v) is 4.52. The molecule has 0 saturated heterocycles. The van der Waals surface area contributed by atoms with Crippen molar-refractivity contribution in [3.63, 3.8) is 0 Å². The average molecular weight is 243 g/mol. The Kier molecular flexibility index (Phi) is 3.46. The van der Waals surface area contributed by atoms with Gasteiger partial charge in [0.05, 0.1) is 6.20 Å². The summed E-state index contributed by atoms with van der Waals surface area (Å²) in [5.74, 6) is 0.116. The summed E-state index contributed by atoms with van der Waals surface area (Å²) in [5.41, 5.74) is 9.23. The molecule has 0 atom stereocenters. The molecule has 4 nitrogen and oxygen atoms in total. The SMILES string of the molecule is Cc1ccc(C(=O)CCc2cnn(C)c2)cc1N. The van der Waals surface area contributed by atoms with Crippen LogP contribution in [-0.2, 0) is 13.5 Å². The number of Topliss-reactive ketones (excluding diaryl/α,β-unsaturated/α-hetero) is 1. The predicted molar refractivity (Wildman–Crippen MR) is 71.5 cm³/mol. The second kappa shape index (κ2) is 5.04. The van der Waals surface area contributed by atoms with Crippen LogP contribution in [0.4, 0.5) is 5.69 Å². The van der Waals surface area contributed by atoms with E-state index in [1.807, 2.05) is 32.3 Å². The Bertz CT molecular complexity index is 572. The van der Waals surface area contributed by atoms with E-state index in [9.17, 15) is 4.79 Å². The molecule has 94 valence electrons. The molecule has 1 heterocycles. The summed E-state index contributed by atoms with van der Waals surface area (Å²) < 4.78 is 1.74. The Labute approximate surface area is 106 Å². The van der Waals surface area contributed by atoms with Gasteiger partial charge in [0.2, 0.25) is 0 Å². The van der Waals surface area contributed by atoms with Crippen molar-refractivity contribution in [2.75, 3.05) is 5.73 Å². The van der Waals surface area contributed by atoms with Crippen molar-refractivity contribution >= 4 is 11.5 Å². The molecule has 4 heteroatoms. The third-order valence-electron chi connectivity index (χ3n) is 3.00. The van der Waals surface area contributed by atoms with Gasteiger partial charge in [0.25, 0.3) is 0 Å². The normalized spacial score (nSPS) is 10.6. The first-order chi connectivity index (χ1) is 8.56. The van der Waals surface area contributed by atoms with E-state index < -0.39 is 0 Å². The Morgan fingerprint density at radius 3 is 2.83 bits per heavy atom. The molecule has 0 unspecified atom stereocenters. The zero-order chi connectivity index (χ0) is 13.1. The third-order valence-corrected chi connectivity index (χ3v) is 3.00. The van der Waals surface area contributed by atoms with Crippen molar-refractivity contribution in [1.29, 1.82) is 0 Å². The number of aromatic nitrogens is 2. The van der Waals surface area contributed by atoms with Gasteiger partial charge in [0.15, 0.2) is 5.78 Å². The molecule has 0 fully saturated rings. The molecular formula is C14H17N3O. The van der Waals surface area contributed by atoms with E-state index in [-0.39, 0.29) is 5.78 Å². The van der Waals surface area contributed by atoms with E-state index in [0.29, 0.717) is 24.1 Å². The maximum Gasteiger partial charge on any atom is 0.163 e. The summed E-state index contributed by atoms with van der Waals surface area (Å²) in [4.78, 5) is 12.0. The molecule has 2 N–H and O–H groups in total. The van der Waals surface area contributed by atoms with Crippen LogP contribution in [0, 0.1) is 6.92 Å². The minimum Gasteiger partial charge on any atom is -0.398 e. The summed E-state index contributed by atoms with van der Waals surface area (Å²) in [6, 6.07) is 5.46. The molecular weight excluding hydrogens is 226 g/mol. The van der Waals surface area contributed by atoms with Crippen molar-refractivity contribution < 1.29 is 4.79 Å². The van der Waals surface area contributed by atoms with Crippen molar-refractivity contribution in [1.82, 2.24) is 9.78 Å². The smallest absolute Gasteiger partial charge is 0.163 e. The monoisotopic (exact) mass is 243 g/mol. The van der Waals surface area contributed by atoms with Crippen molar-refractivity contribution in [3.8, 4) is 0 Å². The van der Waals surface area contributed by atoms with Crippen molar-refractivity contribution in [2.45, 2.75) is 19.8 Å². The highest BCUT2D eigenvalue weighted by Gasteiger charge is 2.08. The quantitative estimate of drug-likeness (QED) is 0.661. The van der Waals surface area contributed by atoms with Crippen LogP contribution in [0.15, 0.2) is 30.6 Å². The molecule has 0 saturated carbocycles. The number of ketones is 1. The molecule has 0 radical (unpaired) electrons. The number of anilines is 1. The van der Waals surface area contributed by atoms with Gasteiger partial charge in [-0.15, -0.1) is 0 Å². The lowest BCUT2D eigenvalue weighted by molar-refractivity contribution is 0.0983. The molecule has 0 aliphatic rings. The van der Waals surface area contributed by atoms with Gasteiger partial charge in [-0.2, -0.15) is 5.10 Å². The minimum atomic E-state index is 0.116. The fourth-order valence-corrected chi connectivity index (χ4v) is 1.82. The number of benzene rings is 1.